The van der Waals surface area contributed by atoms with Crippen molar-refractivity contribution >= 4 is 20.9 Å². The summed E-state index contributed by atoms with van der Waals surface area (Å²) in [6, 6.07) is 15.5. The van der Waals surface area contributed by atoms with Crippen LogP contribution in [0.1, 0.15) is 17.5 Å². The highest BCUT2D eigenvalue weighted by molar-refractivity contribution is 7.90. The van der Waals surface area contributed by atoms with Gasteiger partial charge in [-0.2, -0.15) is 0 Å². The average molecular weight is 519 g/mol. The predicted octanol–water partition coefficient (Wildman–Crippen LogP) is 3.11. The zero-order chi connectivity index (χ0) is 25.9. The van der Waals surface area contributed by atoms with Crippen LogP contribution in [0.25, 0.3) is 22.0 Å². The molecule has 0 saturated carbocycles. The number of hydrogen-bond donors (Lipinski definition) is 1. The first-order valence-electron chi connectivity index (χ1n) is 12.4. The van der Waals surface area contributed by atoms with E-state index in [2.05, 4.69) is 16.3 Å². The van der Waals surface area contributed by atoms with Crippen LogP contribution in [0.3, 0.4) is 0 Å². The smallest absolute Gasteiger partial charge is 0.275 e. The molecule has 2 aromatic heterocycles. The van der Waals surface area contributed by atoms with E-state index in [0.29, 0.717) is 17.5 Å². The van der Waals surface area contributed by atoms with Crippen LogP contribution in [0.15, 0.2) is 70.6 Å². The zero-order valence-corrected chi connectivity index (χ0v) is 22.0. The number of fused-ring (bicyclic) bond motifs is 3. The molecule has 0 radical (unpaired) electrons. The van der Waals surface area contributed by atoms with Gasteiger partial charge < -0.3 is 14.6 Å². The van der Waals surface area contributed by atoms with Crippen LogP contribution in [0.5, 0.6) is 5.75 Å². The number of piperazine rings is 1. The molecule has 37 heavy (non-hydrogen) atoms. The van der Waals surface area contributed by atoms with Gasteiger partial charge in [0.25, 0.3) is 15.6 Å². The second kappa shape index (κ2) is 8.86. The van der Waals surface area contributed by atoms with Gasteiger partial charge in [-0.1, -0.05) is 29.8 Å². The van der Waals surface area contributed by atoms with Crippen LogP contribution in [0.2, 0.25) is 0 Å². The summed E-state index contributed by atoms with van der Waals surface area (Å²) in [5.41, 5.74) is 3.45. The van der Waals surface area contributed by atoms with Gasteiger partial charge in [0, 0.05) is 67.7 Å². The van der Waals surface area contributed by atoms with Crippen molar-refractivity contribution in [1.29, 1.82) is 0 Å². The van der Waals surface area contributed by atoms with Crippen LogP contribution in [-0.4, -0.2) is 54.1 Å². The fourth-order valence-corrected chi connectivity index (χ4v) is 7.03. The van der Waals surface area contributed by atoms with Crippen molar-refractivity contribution in [2.24, 2.45) is 7.05 Å². The molecule has 1 N–H and O–H groups in total. The molecule has 6 rings (SSSR count). The lowest BCUT2D eigenvalue weighted by atomic mass is 10.0. The Bertz CT molecular complexity index is 1670. The van der Waals surface area contributed by atoms with Crippen LogP contribution >= 0.6 is 0 Å². The average Bonchev–Trinajstić information content (AvgIpc) is 3.63. The summed E-state index contributed by atoms with van der Waals surface area (Å²) >= 11 is 0. The van der Waals surface area contributed by atoms with Crippen LogP contribution < -0.4 is 15.6 Å². The molecule has 2 fully saturated rings. The van der Waals surface area contributed by atoms with Gasteiger partial charge in [0.15, 0.2) is 0 Å². The largest absolute Gasteiger partial charge is 0.496 e. The SMILES string of the molecule is COc1cc(-c2cn(C)c(=O)c3c2ccn3S(=O)(=O)c2ccc(C)cc2)ccc1CN1CC2CC1CN2. The number of methoxy groups -OCH3 is 1. The molecule has 2 aliphatic heterocycles. The fraction of sp³-hybridized carbons (Fsp3) is 0.321. The van der Waals surface area contributed by atoms with E-state index in [1.165, 1.54) is 17.2 Å². The molecule has 2 saturated heterocycles. The highest BCUT2D eigenvalue weighted by Crippen LogP contribution is 2.34. The molecule has 4 aromatic rings. The quantitative estimate of drug-likeness (QED) is 0.422. The highest BCUT2D eigenvalue weighted by atomic mass is 32.2. The Balaban J connectivity index is 1.43. The van der Waals surface area contributed by atoms with Crippen molar-refractivity contribution < 1.29 is 13.2 Å². The summed E-state index contributed by atoms with van der Waals surface area (Å²) in [5.74, 6) is 0.780. The number of rotatable bonds is 6. The molecule has 192 valence electrons. The summed E-state index contributed by atoms with van der Waals surface area (Å²) in [7, 11) is -0.637. The van der Waals surface area contributed by atoms with Crippen molar-refractivity contribution in [1.82, 2.24) is 18.8 Å². The number of ether oxygens (including phenoxy) is 1. The molecule has 8 nitrogen and oxygen atoms in total. The monoisotopic (exact) mass is 518 g/mol. The predicted molar refractivity (Wildman–Crippen MR) is 144 cm³/mol. The molecule has 0 amide bonds. The number of likely N-dealkylation sites (tertiary alicyclic amines) is 1. The van der Waals surface area contributed by atoms with Crippen LogP contribution in [-0.2, 0) is 23.6 Å². The minimum atomic E-state index is -3.95. The molecule has 2 bridgehead atoms. The van der Waals surface area contributed by atoms with E-state index in [4.69, 9.17) is 4.74 Å². The van der Waals surface area contributed by atoms with Crippen LogP contribution in [0, 0.1) is 6.92 Å². The number of benzene rings is 2. The molecule has 4 heterocycles. The third-order valence-corrected chi connectivity index (χ3v) is 9.40. The van der Waals surface area contributed by atoms with Gasteiger partial charge >= 0.3 is 0 Å². The first kappa shape index (κ1) is 24.0. The second-order valence-corrected chi connectivity index (χ2v) is 11.9. The first-order chi connectivity index (χ1) is 17.8. The maximum absolute atomic E-state index is 13.5. The van der Waals surface area contributed by atoms with Gasteiger partial charge in [-0.15, -0.1) is 0 Å². The highest BCUT2D eigenvalue weighted by Gasteiger charge is 2.37. The number of nitrogens with zero attached hydrogens (tertiary/aromatic N) is 3. The third kappa shape index (κ3) is 3.98. The molecule has 2 unspecified atom stereocenters. The molecule has 0 spiro atoms. The minimum absolute atomic E-state index is 0.129. The summed E-state index contributed by atoms with van der Waals surface area (Å²) in [6.45, 7) is 4.79. The second-order valence-electron chi connectivity index (χ2n) is 10.1. The molecular formula is C28H30N4O4S. The number of aromatic nitrogens is 2. The van der Waals surface area contributed by atoms with E-state index in [1.54, 1.807) is 50.7 Å². The number of aryl methyl sites for hydroxylation is 2. The molecular weight excluding hydrogens is 488 g/mol. The van der Waals surface area contributed by atoms with Crippen molar-refractivity contribution in [3.8, 4) is 16.9 Å². The van der Waals surface area contributed by atoms with Gasteiger partial charge in [-0.05, 0) is 43.2 Å². The van der Waals surface area contributed by atoms with Gasteiger partial charge in [0.2, 0.25) is 0 Å². The maximum atomic E-state index is 13.5. The lowest BCUT2D eigenvalue weighted by Crippen LogP contribution is -2.43. The number of nitrogens with one attached hydrogen (secondary N) is 1. The Morgan fingerprint density at radius 2 is 1.89 bits per heavy atom. The van der Waals surface area contributed by atoms with E-state index in [9.17, 15) is 13.2 Å². The van der Waals surface area contributed by atoms with E-state index in [1.807, 2.05) is 19.1 Å². The molecule has 2 aromatic carbocycles. The molecule has 0 aliphatic carbocycles. The number of pyridine rings is 1. The summed E-state index contributed by atoms with van der Waals surface area (Å²) in [4.78, 5) is 15.8. The van der Waals surface area contributed by atoms with Gasteiger partial charge in [-0.25, -0.2) is 12.4 Å². The van der Waals surface area contributed by atoms with Crippen LogP contribution in [0.4, 0.5) is 0 Å². The Morgan fingerprint density at radius 3 is 2.57 bits per heavy atom. The normalized spacial score (nSPS) is 19.6. The van der Waals surface area contributed by atoms with Crippen molar-refractivity contribution in [2.75, 3.05) is 20.2 Å². The van der Waals surface area contributed by atoms with Gasteiger partial charge in [0.05, 0.1) is 12.0 Å². The van der Waals surface area contributed by atoms with E-state index in [0.717, 1.165) is 51.6 Å². The van der Waals surface area contributed by atoms with Crippen molar-refractivity contribution in [2.45, 2.75) is 36.9 Å². The summed E-state index contributed by atoms with van der Waals surface area (Å²) in [5, 5.41) is 4.12. The van der Waals surface area contributed by atoms with Crippen molar-refractivity contribution in [3.05, 3.63) is 82.4 Å². The lowest BCUT2D eigenvalue weighted by Gasteiger charge is -2.28. The Morgan fingerprint density at radius 1 is 1.11 bits per heavy atom. The fourth-order valence-electron chi connectivity index (χ4n) is 5.69. The first-order valence-corrected chi connectivity index (χ1v) is 13.9. The van der Waals surface area contributed by atoms with Crippen molar-refractivity contribution in [3.63, 3.8) is 0 Å². The standard InChI is InChI=1S/C28H30N4O4S/c1-18-4-8-23(9-5-18)37(34,35)32-11-10-24-25(17-30(2)28(33)27(24)32)19-6-7-20(26(12-19)36-3)15-31-16-21-13-22(31)14-29-21/h4-12,17,21-22,29H,13-16H2,1-3H3. The van der Waals surface area contributed by atoms with E-state index in [-0.39, 0.29) is 16.0 Å². The zero-order valence-electron chi connectivity index (χ0n) is 21.1. The molecule has 2 aliphatic rings. The Hall–Kier alpha value is -3.40. The Kier molecular flexibility index (Phi) is 5.74. The summed E-state index contributed by atoms with van der Waals surface area (Å²) in [6.07, 6.45) is 4.42. The van der Waals surface area contributed by atoms with E-state index >= 15 is 0 Å². The van der Waals surface area contributed by atoms with Gasteiger partial charge in [-0.3, -0.25) is 9.69 Å². The molecule has 2 atom stereocenters. The van der Waals surface area contributed by atoms with E-state index < -0.39 is 10.0 Å². The maximum Gasteiger partial charge on any atom is 0.275 e. The Labute approximate surface area is 216 Å². The topological polar surface area (TPSA) is 85.6 Å². The summed E-state index contributed by atoms with van der Waals surface area (Å²) < 4.78 is 35.3. The minimum Gasteiger partial charge on any atom is -0.496 e. The lowest BCUT2D eigenvalue weighted by molar-refractivity contribution is 0.215. The van der Waals surface area contributed by atoms with Gasteiger partial charge in [0.1, 0.15) is 11.3 Å². The number of hydrogen-bond acceptors (Lipinski definition) is 6. The third-order valence-electron chi connectivity index (χ3n) is 7.71. The molecule has 9 heteroatoms.